The Balaban J connectivity index is 2.25. The van der Waals surface area contributed by atoms with Crippen LogP contribution in [0.3, 0.4) is 0 Å². The van der Waals surface area contributed by atoms with Gasteiger partial charge < -0.3 is 14.2 Å². The number of thiophene rings is 1. The van der Waals surface area contributed by atoms with Gasteiger partial charge in [-0.05, 0) is 31.9 Å². The summed E-state index contributed by atoms with van der Waals surface area (Å²) in [7, 11) is 0. The number of rotatable bonds is 8. The lowest BCUT2D eigenvalue weighted by Gasteiger charge is -2.05. The van der Waals surface area contributed by atoms with Crippen molar-refractivity contribution in [2.45, 2.75) is 27.4 Å². The molecule has 0 aliphatic rings. The number of carbonyl (C=O) groups is 2. The Morgan fingerprint density at radius 3 is 2.46 bits per heavy atom. The van der Waals surface area contributed by atoms with Crippen LogP contribution in [0.4, 0.5) is 5.00 Å². The van der Waals surface area contributed by atoms with Gasteiger partial charge in [0.1, 0.15) is 22.0 Å². The first kappa shape index (κ1) is 19.7. The summed E-state index contributed by atoms with van der Waals surface area (Å²) in [6.45, 7) is 6.07. The zero-order valence-electron chi connectivity index (χ0n) is 15.0. The van der Waals surface area contributed by atoms with Crippen LogP contribution in [-0.4, -0.2) is 31.6 Å². The van der Waals surface area contributed by atoms with Gasteiger partial charge in [-0.2, -0.15) is 0 Å². The molecule has 0 atom stereocenters. The molecule has 2 rings (SSSR count). The zero-order chi connectivity index (χ0) is 18.9. The van der Waals surface area contributed by atoms with E-state index in [0.29, 0.717) is 22.0 Å². The van der Waals surface area contributed by atoms with E-state index in [1.54, 1.807) is 13.8 Å². The predicted octanol–water partition coefficient (Wildman–Crippen LogP) is 4.29. The molecule has 0 saturated carbocycles. The highest BCUT2D eigenvalue weighted by Crippen LogP contribution is 2.36. The lowest BCUT2D eigenvalue weighted by molar-refractivity contribution is 0.0478. The molecule has 0 spiro atoms. The van der Waals surface area contributed by atoms with Crippen molar-refractivity contribution in [3.8, 4) is 0 Å². The predicted molar refractivity (Wildman–Crippen MR) is 100 cm³/mol. The van der Waals surface area contributed by atoms with E-state index in [1.807, 2.05) is 37.3 Å². The maximum absolute atomic E-state index is 12.5. The van der Waals surface area contributed by atoms with E-state index in [-0.39, 0.29) is 18.8 Å². The zero-order valence-corrected chi connectivity index (χ0v) is 15.8. The van der Waals surface area contributed by atoms with Gasteiger partial charge in [-0.3, -0.25) is 0 Å². The second kappa shape index (κ2) is 9.72. The summed E-state index contributed by atoms with van der Waals surface area (Å²) in [6, 6.07) is 9.38. The van der Waals surface area contributed by atoms with E-state index < -0.39 is 11.9 Å². The number of nitrogens with zero attached hydrogens (tertiary/aromatic N) is 1. The molecule has 7 heteroatoms. The number of carbonyl (C=O) groups excluding carboxylic acids is 2. The largest absolute Gasteiger partial charge is 0.483 e. The third-order valence-electron chi connectivity index (χ3n) is 3.42. The molecular weight excluding hydrogens is 354 g/mol. The van der Waals surface area contributed by atoms with Gasteiger partial charge in [0, 0.05) is 0 Å². The van der Waals surface area contributed by atoms with Gasteiger partial charge >= 0.3 is 11.9 Å². The molecule has 0 aliphatic carbocycles. The van der Waals surface area contributed by atoms with Gasteiger partial charge in [-0.25, -0.2) is 14.6 Å². The van der Waals surface area contributed by atoms with Crippen LogP contribution in [0.5, 0.6) is 0 Å². The lowest BCUT2D eigenvalue weighted by Crippen LogP contribution is -2.08. The van der Waals surface area contributed by atoms with E-state index >= 15 is 0 Å². The van der Waals surface area contributed by atoms with Crippen molar-refractivity contribution in [1.82, 2.24) is 0 Å². The van der Waals surface area contributed by atoms with Gasteiger partial charge in [0.05, 0.1) is 13.2 Å². The van der Waals surface area contributed by atoms with Crippen molar-refractivity contribution in [2.24, 2.45) is 4.99 Å². The van der Waals surface area contributed by atoms with Gasteiger partial charge in [0.15, 0.2) is 6.40 Å². The van der Waals surface area contributed by atoms with E-state index in [9.17, 15) is 9.59 Å². The van der Waals surface area contributed by atoms with Crippen molar-refractivity contribution in [3.05, 3.63) is 51.9 Å². The van der Waals surface area contributed by atoms with Crippen LogP contribution in [0, 0.1) is 6.92 Å². The monoisotopic (exact) mass is 375 g/mol. The molecule has 1 heterocycles. The Labute approximate surface area is 156 Å². The van der Waals surface area contributed by atoms with Crippen LogP contribution in [0.15, 0.2) is 35.3 Å². The SMILES string of the molecule is CCOC=Nc1sc(C(=O)OCc2ccccc2)c(C)c1C(=O)OCC. The number of esters is 2. The van der Waals surface area contributed by atoms with E-state index in [0.717, 1.165) is 16.9 Å². The molecule has 0 fully saturated rings. The number of ether oxygens (including phenoxy) is 3. The summed E-state index contributed by atoms with van der Waals surface area (Å²) < 4.78 is 15.5. The summed E-state index contributed by atoms with van der Waals surface area (Å²) in [5.41, 5.74) is 1.64. The second-order valence-electron chi connectivity index (χ2n) is 5.21. The highest BCUT2D eigenvalue weighted by molar-refractivity contribution is 7.18. The van der Waals surface area contributed by atoms with Gasteiger partial charge in [0.25, 0.3) is 0 Å². The first-order chi connectivity index (χ1) is 12.6. The maximum Gasteiger partial charge on any atom is 0.349 e. The van der Waals surface area contributed by atoms with Crippen molar-refractivity contribution in [3.63, 3.8) is 0 Å². The molecule has 0 unspecified atom stereocenters. The molecule has 26 heavy (non-hydrogen) atoms. The van der Waals surface area contributed by atoms with E-state index in [1.165, 1.54) is 6.40 Å². The van der Waals surface area contributed by atoms with Crippen LogP contribution >= 0.6 is 11.3 Å². The van der Waals surface area contributed by atoms with Crippen LogP contribution in [0.2, 0.25) is 0 Å². The molecule has 0 radical (unpaired) electrons. The minimum Gasteiger partial charge on any atom is -0.483 e. The van der Waals surface area contributed by atoms with Crippen LogP contribution in [0.25, 0.3) is 0 Å². The Kier molecular flexibility index (Phi) is 7.35. The van der Waals surface area contributed by atoms with E-state index in [2.05, 4.69) is 4.99 Å². The van der Waals surface area contributed by atoms with E-state index in [4.69, 9.17) is 14.2 Å². The molecule has 1 aromatic heterocycles. The molecule has 138 valence electrons. The smallest absolute Gasteiger partial charge is 0.349 e. The number of aliphatic imine (C=N–C) groups is 1. The van der Waals surface area contributed by atoms with Crippen molar-refractivity contribution in [2.75, 3.05) is 13.2 Å². The average molecular weight is 375 g/mol. The Morgan fingerprint density at radius 1 is 1.08 bits per heavy atom. The molecule has 1 aromatic carbocycles. The standard InChI is InChI=1S/C19H21NO5S/c1-4-23-12-20-17-15(18(21)24-5-2)13(3)16(26-17)19(22)25-11-14-9-7-6-8-10-14/h6-10,12H,4-5,11H2,1-3H3. The fraction of sp³-hybridized carbons (Fsp3) is 0.316. The second-order valence-corrected chi connectivity index (χ2v) is 6.21. The summed E-state index contributed by atoms with van der Waals surface area (Å²) in [6.07, 6.45) is 1.26. The fourth-order valence-corrected chi connectivity index (χ4v) is 3.20. The first-order valence-corrected chi connectivity index (χ1v) is 9.05. The molecular formula is C19H21NO5S. The highest BCUT2D eigenvalue weighted by atomic mass is 32.1. The quantitative estimate of drug-likeness (QED) is 0.391. The highest BCUT2D eigenvalue weighted by Gasteiger charge is 2.26. The Morgan fingerprint density at radius 2 is 1.81 bits per heavy atom. The first-order valence-electron chi connectivity index (χ1n) is 8.24. The number of hydrogen-bond donors (Lipinski definition) is 0. The van der Waals surface area contributed by atoms with Crippen molar-refractivity contribution >= 4 is 34.7 Å². The maximum atomic E-state index is 12.5. The minimum absolute atomic E-state index is 0.156. The van der Waals surface area contributed by atoms with Gasteiger partial charge in [-0.1, -0.05) is 30.3 Å². The normalized spacial score (nSPS) is 10.7. The molecule has 0 bridgehead atoms. The lowest BCUT2D eigenvalue weighted by atomic mass is 10.1. The van der Waals surface area contributed by atoms with Crippen molar-refractivity contribution in [1.29, 1.82) is 0 Å². The third-order valence-corrected chi connectivity index (χ3v) is 4.60. The average Bonchev–Trinajstić information content (AvgIpc) is 2.97. The van der Waals surface area contributed by atoms with Crippen LogP contribution in [0.1, 0.15) is 45.0 Å². The Bertz CT molecular complexity index is 783. The van der Waals surface area contributed by atoms with Crippen LogP contribution < -0.4 is 0 Å². The van der Waals surface area contributed by atoms with Crippen molar-refractivity contribution < 1.29 is 23.8 Å². The van der Waals surface area contributed by atoms with Gasteiger partial charge in [-0.15, -0.1) is 11.3 Å². The molecule has 0 saturated heterocycles. The number of hydrogen-bond acceptors (Lipinski definition) is 7. The summed E-state index contributed by atoms with van der Waals surface area (Å²) in [5.74, 6) is -1.02. The topological polar surface area (TPSA) is 74.2 Å². The minimum atomic E-state index is -0.521. The molecule has 0 amide bonds. The van der Waals surface area contributed by atoms with Gasteiger partial charge in [0.2, 0.25) is 0 Å². The Hall–Kier alpha value is -2.67. The summed E-state index contributed by atoms with van der Waals surface area (Å²) >= 11 is 1.08. The molecule has 2 aromatic rings. The molecule has 0 aliphatic heterocycles. The third kappa shape index (κ3) is 4.92. The number of benzene rings is 1. The fourth-order valence-electron chi connectivity index (χ4n) is 2.18. The summed E-state index contributed by atoms with van der Waals surface area (Å²) in [5, 5.41) is 0.362. The van der Waals surface area contributed by atoms with Crippen LogP contribution in [-0.2, 0) is 20.8 Å². The molecule has 6 nitrogen and oxygen atoms in total. The molecule has 0 N–H and O–H groups in total. The summed E-state index contributed by atoms with van der Waals surface area (Å²) in [4.78, 5) is 29.2.